The number of benzene rings is 2. The molecule has 1 aliphatic heterocycles. The summed E-state index contributed by atoms with van der Waals surface area (Å²) >= 11 is 0. The number of nitrogens with zero attached hydrogens (tertiary/aromatic N) is 1. The lowest BCUT2D eigenvalue weighted by Crippen LogP contribution is -2.46. The van der Waals surface area contributed by atoms with Crippen LogP contribution in [-0.4, -0.2) is 79.9 Å². The first-order valence-electron chi connectivity index (χ1n) is 16.1. The van der Waals surface area contributed by atoms with Gasteiger partial charge in [0.25, 0.3) is 0 Å². The van der Waals surface area contributed by atoms with Crippen LogP contribution in [0.1, 0.15) is 63.5 Å². The number of rotatable bonds is 20. The second kappa shape index (κ2) is 19.0. The third-order valence-electron chi connectivity index (χ3n) is 8.27. The monoisotopic (exact) mass is 620 g/mol. The van der Waals surface area contributed by atoms with Crippen molar-refractivity contribution in [2.45, 2.75) is 71.3 Å². The van der Waals surface area contributed by atoms with Crippen LogP contribution in [0.2, 0.25) is 0 Å². The van der Waals surface area contributed by atoms with Gasteiger partial charge in [-0.15, -0.1) is 0 Å². The molecular weight excluding hydrogens is 572 g/mol. The van der Waals surface area contributed by atoms with Crippen LogP contribution in [0.15, 0.2) is 54.6 Å². The molecule has 0 spiro atoms. The molecule has 9 heteroatoms. The number of amides is 1. The number of hydrogen-bond donors (Lipinski definition) is 1. The predicted molar refractivity (Wildman–Crippen MR) is 172 cm³/mol. The van der Waals surface area contributed by atoms with E-state index in [4.69, 9.17) is 9.47 Å². The Morgan fingerprint density at radius 2 is 1.62 bits per heavy atom. The topological polar surface area (TPSA) is 119 Å². The van der Waals surface area contributed by atoms with Gasteiger partial charge in [0.2, 0.25) is 11.7 Å². The van der Waals surface area contributed by atoms with Gasteiger partial charge in [-0.25, -0.2) is 0 Å². The molecule has 1 N–H and O–H groups in total. The minimum atomic E-state index is -0.918. The van der Waals surface area contributed by atoms with Crippen molar-refractivity contribution in [3.8, 4) is 5.75 Å². The van der Waals surface area contributed by atoms with Crippen molar-refractivity contribution >= 4 is 29.0 Å². The second-order valence-corrected chi connectivity index (χ2v) is 11.9. The molecule has 2 aromatic rings. The Labute approximate surface area is 267 Å². The lowest BCUT2D eigenvalue weighted by Gasteiger charge is -2.26. The van der Waals surface area contributed by atoms with E-state index >= 15 is 0 Å². The number of hydrogen-bond acceptors (Lipinski definition) is 8. The van der Waals surface area contributed by atoms with E-state index in [0.29, 0.717) is 51.3 Å². The summed E-state index contributed by atoms with van der Waals surface area (Å²) in [6, 6.07) is 15.8. The second-order valence-electron chi connectivity index (χ2n) is 11.9. The Bertz CT molecular complexity index is 1260. The zero-order valence-electron chi connectivity index (χ0n) is 26.9. The molecule has 1 heterocycles. The number of unbranched alkanes of at least 4 members (excludes halogenated alkanes) is 1. The largest absolute Gasteiger partial charge is 0.497 e. The molecule has 9 nitrogen and oxygen atoms in total. The van der Waals surface area contributed by atoms with Crippen molar-refractivity contribution in [2.75, 3.05) is 40.0 Å². The quantitative estimate of drug-likeness (QED) is 0.219. The van der Waals surface area contributed by atoms with E-state index < -0.39 is 35.4 Å². The van der Waals surface area contributed by atoms with Gasteiger partial charge in [0.05, 0.1) is 32.9 Å². The third kappa shape index (κ3) is 12.3. The Kier molecular flexibility index (Phi) is 15.1. The number of ether oxygens (including phenoxy) is 2. The van der Waals surface area contributed by atoms with Crippen molar-refractivity contribution in [3.63, 3.8) is 0 Å². The average Bonchev–Trinajstić information content (AvgIpc) is 3.05. The lowest BCUT2D eigenvalue weighted by molar-refractivity contribution is -0.140. The van der Waals surface area contributed by atoms with E-state index in [1.807, 2.05) is 54.3 Å². The summed E-state index contributed by atoms with van der Waals surface area (Å²) < 4.78 is 10.6. The summed E-state index contributed by atoms with van der Waals surface area (Å²) in [6.45, 7) is 6.46. The van der Waals surface area contributed by atoms with Crippen LogP contribution >= 0.6 is 0 Å². The summed E-state index contributed by atoms with van der Waals surface area (Å²) in [5.74, 6) is -2.47. The zero-order valence-corrected chi connectivity index (χ0v) is 26.9. The molecule has 2 aromatic carbocycles. The van der Waals surface area contributed by atoms with Gasteiger partial charge < -0.3 is 14.8 Å². The first-order valence-corrected chi connectivity index (χ1v) is 16.1. The van der Waals surface area contributed by atoms with E-state index in [-0.39, 0.29) is 43.8 Å². The maximum Gasteiger partial charge on any atom is 0.223 e. The molecule has 0 aliphatic carbocycles. The Morgan fingerprint density at radius 1 is 0.933 bits per heavy atom. The maximum absolute atomic E-state index is 13.8. The molecule has 244 valence electrons. The summed E-state index contributed by atoms with van der Waals surface area (Å²) in [6.07, 6.45) is 2.61. The number of morpholine rings is 1. The van der Waals surface area contributed by atoms with Gasteiger partial charge in [0, 0.05) is 44.2 Å². The number of aryl methyl sites for hydroxylation is 1. The number of carbonyl (C=O) groups is 5. The molecule has 1 amide bonds. The van der Waals surface area contributed by atoms with E-state index in [9.17, 15) is 24.0 Å². The molecular formula is C36H48N2O7. The van der Waals surface area contributed by atoms with Gasteiger partial charge in [0.15, 0.2) is 11.6 Å². The molecule has 45 heavy (non-hydrogen) atoms. The standard InChI is InChI=1S/C36H48N2O7/c1-4-5-11-29(35(42)33(40)17-14-27-9-7-6-8-10-27)24-34(41)32(23-28-12-15-31(44-3)16-13-28)37-36(43)26(2)22-30(39)25-38-18-20-45-21-19-38/h6-10,12-13,15-16,26,29,32H,4-5,11,14,17-25H2,1-3H3,(H,37,43)/t26-,29-,32+/m1/s1. The molecule has 1 aliphatic rings. The van der Waals surface area contributed by atoms with Crippen LogP contribution in [0.5, 0.6) is 5.75 Å². The van der Waals surface area contributed by atoms with Crippen LogP contribution in [0.4, 0.5) is 0 Å². The fraction of sp³-hybridized carbons (Fsp3) is 0.528. The molecule has 0 aromatic heterocycles. The number of carbonyl (C=O) groups excluding carboxylic acids is 5. The highest BCUT2D eigenvalue weighted by Gasteiger charge is 2.31. The van der Waals surface area contributed by atoms with Crippen LogP contribution in [0.25, 0.3) is 0 Å². The molecule has 0 unspecified atom stereocenters. The molecule has 3 atom stereocenters. The van der Waals surface area contributed by atoms with Crippen molar-refractivity contribution in [1.82, 2.24) is 10.2 Å². The SMILES string of the molecule is CCCC[C@H](CC(=O)[C@H](Cc1ccc(OC)cc1)NC(=O)[C@H](C)CC(=O)CN1CCOCC1)C(=O)C(=O)CCc1ccccc1. The van der Waals surface area contributed by atoms with E-state index in [1.54, 1.807) is 26.2 Å². The van der Waals surface area contributed by atoms with Crippen LogP contribution < -0.4 is 10.1 Å². The van der Waals surface area contributed by atoms with Crippen molar-refractivity contribution in [1.29, 1.82) is 0 Å². The molecule has 3 rings (SSSR count). The maximum atomic E-state index is 13.8. The Hall–Kier alpha value is -3.69. The normalized spacial score (nSPS) is 15.4. The highest BCUT2D eigenvalue weighted by molar-refractivity contribution is 6.38. The van der Waals surface area contributed by atoms with Crippen molar-refractivity contribution < 1.29 is 33.4 Å². The fourth-order valence-electron chi connectivity index (χ4n) is 5.48. The van der Waals surface area contributed by atoms with Gasteiger partial charge >= 0.3 is 0 Å². The number of nitrogens with one attached hydrogen (secondary N) is 1. The number of ketones is 4. The highest BCUT2D eigenvalue weighted by atomic mass is 16.5. The highest BCUT2D eigenvalue weighted by Crippen LogP contribution is 2.20. The van der Waals surface area contributed by atoms with Gasteiger partial charge in [0.1, 0.15) is 11.5 Å². The van der Waals surface area contributed by atoms with Crippen molar-refractivity contribution in [2.24, 2.45) is 11.8 Å². The van der Waals surface area contributed by atoms with Gasteiger partial charge in [-0.1, -0.05) is 69.2 Å². The van der Waals surface area contributed by atoms with E-state index in [2.05, 4.69) is 5.32 Å². The first kappa shape index (κ1) is 35.8. The summed E-state index contributed by atoms with van der Waals surface area (Å²) in [4.78, 5) is 68.1. The van der Waals surface area contributed by atoms with E-state index in [0.717, 1.165) is 17.5 Å². The van der Waals surface area contributed by atoms with Crippen LogP contribution in [0, 0.1) is 11.8 Å². The Morgan fingerprint density at radius 3 is 2.27 bits per heavy atom. The molecule has 1 fully saturated rings. The third-order valence-corrected chi connectivity index (χ3v) is 8.27. The van der Waals surface area contributed by atoms with Gasteiger partial charge in [-0.05, 0) is 42.5 Å². The predicted octanol–water partition coefficient (Wildman–Crippen LogP) is 4.19. The smallest absolute Gasteiger partial charge is 0.223 e. The van der Waals surface area contributed by atoms with Crippen LogP contribution in [0.3, 0.4) is 0 Å². The first-order chi connectivity index (χ1) is 21.7. The Balaban J connectivity index is 1.69. The number of methoxy groups -OCH3 is 1. The van der Waals surface area contributed by atoms with E-state index in [1.165, 1.54) is 0 Å². The number of Topliss-reactive ketones (excluding diaryl/α,β-unsaturated/α-hetero) is 4. The zero-order chi connectivity index (χ0) is 32.6. The van der Waals surface area contributed by atoms with Crippen molar-refractivity contribution in [3.05, 3.63) is 65.7 Å². The molecule has 1 saturated heterocycles. The minimum Gasteiger partial charge on any atom is -0.497 e. The average molecular weight is 621 g/mol. The molecule has 0 radical (unpaired) electrons. The van der Waals surface area contributed by atoms with Gasteiger partial charge in [-0.3, -0.25) is 28.9 Å². The summed E-state index contributed by atoms with van der Waals surface area (Å²) in [5, 5.41) is 2.88. The molecule has 0 bridgehead atoms. The molecule has 0 saturated carbocycles. The van der Waals surface area contributed by atoms with Crippen LogP contribution in [-0.2, 0) is 41.6 Å². The summed E-state index contributed by atoms with van der Waals surface area (Å²) in [5.41, 5.74) is 1.78. The lowest BCUT2D eigenvalue weighted by atomic mass is 9.86. The fourth-order valence-corrected chi connectivity index (χ4v) is 5.48. The van der Waals surface area contributed by atoms with Gasteiger partial charge in [-0.2, -0.15) is 0 Å². The summed E-state index contributed by atoms with van der Waals surface area (Å²) in [7, 11) is 1.57. The minimum absolute atomic E-state index is 0.0446.